The van der Waals surface area contributed by atoms with Crippen LogP contribution in [0.15, 0.2) is 35.7 Å². The Morgan fingerprint density at radius 1 is 1.27 bits per heavy atom. The van der Waals surface area contributed by atoms with Crippen LogP contribution in [0.3, 0.4) is 0 Å². The molecule has 5 heteroatoms. The molecule has 0 saturated heterocycles. The molecule has 132 valence electrons. The normalized spacial score (nSPS) is 10.7. The second-order valence-corrected chi connectivity index (χ2v) is 7.10. The van der Waals surface area contributed by atoms with Crippen molar-refractivity contribution >= 4 is 27.4 Å². The average molecular weight is 365 g/mol. The number of nitrogens with zero attached hydrogens (tertiary/aromatic N) is 1. The first kappa shape index (κ1) is 18.0. The zero-order chi connectivity index (χ0) is 18.7. The third-order valence-corrected chi connectivity index (χ3v) is 5.37. The Morgan fingerprint density at radius 2 is 2.08 bits per heavy atom. The van der Waals surface area contributed by atoms with Gasteiger partial charge in [-0.15, -0.1) is 11.3 Å². The van der Waals surface area contributed by atoms with Crippen molar-refractivity contribution in [3.63, 3.8) is 0 Å². The van der Waals surface area contributed by atoms with E-state index in [0.29, 0.717) is 23.5 Å². The van der Waals surface area contributed by atoms with Crippen LogP contribution in [0.5, 0.6) is 5.75 Å². The molecule has 3 aromatic rings. The number of carboxylic acids is 1. The summed E-state index contributed by atoms with van der Waals surface area (Å²) in [5.41, 5.74) is 4.72. The van der Waals surface area contributed by atoms with E-state index in [1.54, 1.807) is 11.4 Å². The summed E-state index contributed by atoms with van der Waals surface area (Å²) in [6.45, 7) is 4.63. The maximum absolute atomic E-state index is 11.0. The number of ether oxygens (including phenoxy) is 1. The largest absolute Gasteiger partial charge is 0.489 e. The van der Waals surface area contributed by atoms with Crippen LogP contribution in [0, 0.1) is 18.3 Å². The van der Waals surface area contributed by atoms with Gasteiger partial charge in [0.15, 0.2) is 0 Å². The minimum Gasteiger partial charge on any atom is -0.489 e. The molecule has 1 aromatic heterocycles. The molecule has 3 rings (SSSR count). The lowest BCUT2D eigenvalue weighted by atomic mass is 10.0. The number of benzene rings is 2. The standard InChI is InChI=1S/C21H19NO3S/c1-3-14-4-5-15(13(2)6-14)11-25-18-7-16(10-22)21-17(8-20(23)24)12-26-19(21)9-18/h4-7,9,12H,3,8,11H2,1-2H3,(H,23,24). The highest BCUT2D eigenvalue weighted by Crippen LogP contribution is 2.33. The van der Waals surface area contributed by atoms with Crippen molar-refractivity contribution in [3.8, 4) is 11.8 Å². The van der Waals surface area contributed by atoms with Crippen LogP contribution in [0.2, 0.25) is 0 Å². The number of carbonyl (C=O) groups is 1. The molecule has 4 nitrogen and oxygen atoms in total. The molecule has 1 heterocycles. The van der Waals surface area contributed by atoms with E-state index in [-0.39, 0.29) is 6.42 Å². The quantitative estimate of drug-likeness (QED) is 0.678. The number of nitriles is 1. The van der Waals surface area contributed by atoms with E-state index in [4.69, 9.17) is 9.84 Å². The van der Waals surface area contributed by atoms with Gasteiger partial charge in [-0.05, 0) is 53.1 Å². The Balaban J connectivity index is 1.87. The Labute approximate surface area is 156 Å². The Morgan fingerprint density at radius 3 is 2.73 bits per heavy atom. The molecule has 0 fully saturated rings. The highest BCUT2D eigenvalue weighted by Gasteiger charge is 2.14. The fourth-order valence-electron chi connectivity index (χ4n) is 2.97. The minimum absolute atomic E-state index is 0.0855. The number of aliphatic carboxylic acids is 1. The zero-order valence-electron chi connectivity index (χ0n) is 14.7. The van der Waals surface area contributed by atoms with Crippen LogP contribution in [0.1, 0.15) is 34.7 Å². The first-order valence-electron chi connectivity index (χ1n) is 8.39. The summed E-state index contributed by atoms with van der Waals surface area (Å²) in [6.07, 6.45) is 0.916. The van der Waals surface area contributed by atoms with E-state index in [0.717, 1.165) is 22.1 Å². The van der Waals surface area contributed by atoms with Crippen LogP contribution >= 0.6 is 11.3 Å². The summed E-state index contributed by atoms with van der Waals surface area (Å²) in [5.74, 6) is -0.281. The number of carboxylic acid groups (broad SMARTS) is 1. The number of thiophene rings is 1. The van der Waals surface area contributed by atoms with E-state index in [9.17, 15) is 10.1 Å². The molecule has 0 unspecified atom stereocenters. The Bertz CT molecular complexity index is 1010. The molecule has 0 saturated carbocycles. The number of hydrogen-bond acceptors (Lipinski definition) is 4. The smallest absolute Gasteiger partial charge is 0.307 e. The SMILES string of the molecule is CCc1ccc(COc2cc(C#N)c3c(CC(=O)O)csc3c2)c(C)c1. The molecule has 0 spiro atoms. The summed E-state index contributed by atoms with van der Waals surface area (Å²) in [6, 6.07) is 12.1. The molecule has 0 radical (unpaired) electrons. The van der Waals surface area contributed by atoms with Crippen molar-refractivity contribution in [1.82, 2.24) is 0 Å². The fraction of sp³-hybridized carbons (Fsp3) is 0.238. The fourth-order valence-corrected chi connectivity index (χ4v) is 3.99. The zero-order valence-corrected chi connectivity index (χ0v) is 15.5. The van der Waals surface area contributed by atoms with Gasteiger partial charge in [-0.3, -0.25) is 4.79 Å². The van der Waals surface area contributed by atoms with Gasteiger partial charge in [0.1, 0.15) is 12.4 Å². The predicted octanol–water partition coefficient (Wildman–Crippen LogP) is 4.85. The van der Waals surface area contributed by atoms with Gasteiger partial charge < -0.3 is 9.84 Å². The molecule has 0 atom stereocenters. The van der Waals surface area contributed by atoms with Gasteiger partial charge in [0, 0.05) is 10.1 Å². The summed E-state index contributed by atoms with van der Waals surface area (Å²) in [4.78, 5) is 11.0. The van der Waals surface area contributed by atoms with Gasteiger partial charge in [-0.25, -0.2) is 0 Å². The summed E-state index contributed by atoms with van der Waals surface area (Å²) < 4.78 is 6.80. The summed E-state index contributed by atoms with van der Waals surface area (Å²) in [7, 11) is 0. The molecule has 1 N–H and O–H groups in total. The number of hydrogen-bond donors (Lipinski definition) is 1. The minimum atomic E-state index is -0.903. The van der Waals surface area contributed by atoms with Crippen LogP contribution in [0.4, 0.5) is 0 Å². The second kappa shape index (κ2) is 7.59. The van der Waals surface area contributed by atoms with E-state index < -0.39 is 5.97 Å². The molecular weight excluding hydrogens is 346 g/mol. The first-order valence-corrected chi connectivity index (χ1v) is 9.27. The van der Waals surface area contributed by atoms with Crippen molar-refractivity contribution in [1.29, 1.82) is 5.26 Å². The Kier molecular flexibility index (Phi) is 5.24. The van der Waals surface area contributed by atoms with E-state index in [1.165, 1.54) is 22.5 Å². The highest BCUT2D eigenvalue weighted by molar-refractivity contribution is 7.17. The topological polar surface area (TPSA) is 70.3 Å². The van der Waals surface area contributed by atoms with E-state index in [2.05, 4.69) is 38.1 Å². The average Bonchev–Trinajstić information content (AvgIpc) is 3.02. The molecule has 0 bridgehead atoms. The third kappa shape index (κ3) is 3.71. The van der Waals surface area contributed by atoms with Gasteiger partial charge >= 0.3 is 5.97 Å². The molecule has 26 heavy (non-hydrogen) atoms. The lowest BCUT2D eigenvalue weighted by Crippen LogP contribution is -2.00. The Hall–Kier alpha value is -2.84. The summed E-state index contributed by atoms with van der Waals surface area (Å²) >= 11 is 1.43. The number of fused-ring (bicyclic) bond motifs is 1. The van der Waals surface area contributed by atoms with Gasteiger partial charge in [0.25, 0.3) is 0 Å². The molecule has 0 aliphatic rings. The van der Waals surface area contributed by atoms with Crippen molar-refractivity contribution in [2.45, 2.75) is 33.3 Å². The molecule has 0 aliphatic heterocycles. The maximum Gasteiger partial charge on any atom is 0.307 e. The monoisotopic (exact) mass is 365 g/mol. The first-order chi connectivity index (χ1) is 12.5. The van der Waals surface area contributed by atoms with Gasteiger partial charge in [0.05, 0.1) is 18.1 Å². The maximum atomic E-state index is 11.0. The van der Waals surface area contributed by atoms with Crippen LogP contribution in [-0.4, -0.2) is 11.1 Å². The van der Waals surface area contributed by atoms with Gasteiger partial charge in [-0.1, -0.05) is 25.1 Å². The van der Waals surface area contributed by atoms with Gasteiger partial charge in [0.2, 0.25) is 0 Å². The number of rotatable bonds is 6. The molecule has 2 aromatic carbocycles. The van der Waals surface area contributed by atoms with Crippen LogP contribution in [-0.2, 0) is 24.2 Å². The highest BCUT2D eigenvalue weighted by atomic mass is 32.1. The molecule has 0 amide bonds. The summed E-state index contributed by atoms with van der Waals surface area (Å²) in [5, 5.41) is 21.0. The molecule has 0 aliphatic carbocycles. The third-order valence-electron chi connectivity index (χ3n) is 4.40. The van der Waals surface area contributed by atoms with E-state index >= 15 is 0 Å². The van der Waals surface area contributed by atoms with Crippen molar-refractivity contribution in [2.24, 2.45) is 0 Å². The predicted molar refractivity (Wildman–Crippen MR) is 103 cm³/mol. The number of aryl methyl sites for hydroxylation is 2. The van der Waals surface area contributed by atoms with Gasteiger partial charge in [-0.2, -0.15) is 5.26 Å². The van der Waals surface area contributed by atoms with Crippen molar-refractivity contribution < 1.29 is 14.6 Å². The lowest BCUT2D eigenvalue weighted by molar-refractivity contribution is -0.136. The van der Waals surface area contributed by atoms with Crippen LogP contribution in [0.25, 0.3) is 10.1 Å². The molecular formula is C21H19NO3S. The van der Waals surface area contributed by atoms with Crippen LogP contribution < -0.4 is 4.74 Å². The van der Waals surface area contributed by atoms with Crippen molar-refractivity contribution in [2.75, 3.05) is 0 Å². The lowest BCUT2D eigenvalue weighted by Gasteiger charge is -2.11. The second-order valence-electron chi connectivity index (χ2n) is 6.19. The van der Waals surface area contributed by atoms with E-state index in [1.807, 2.05) is 6.07 Å². The van der Waals surface area contributed by atoms with Crippen molar-refractivity contribution in [3.05, 3.63) is 63.5 Å².